The highest BCUT2D eigenvalue weighted by Gasteiger charge is 2.33. The lowest BCUT2D eigenvalue weighted by Crippen LogP contribution is -2.24. The van der Waals surface area contributed by atoms with Crippen molar-refractivity contribution in [1.29, 1.82) is 0 Å². The van der Waals surface area contributed by atoms with Crippen molar-refractivity contribution in [3.05, 3.63) is 69.7 Å². The summed E-state index contributed by atoms with van der Waals surface area (Å²) < 4.78 is 28.4. The Balaban J connectivity index is 0.00000208. The molecule has 24 heavy (non-hydrogen) atoms. The molecule has 0 saturated carbocycles. The monoisotopic (exact) mass is 416 g/mol. The van der Waals surface area contributed by atoms with Crippen molar-refractivity contribution < 1.29 is 8.78 Å². The standard InChI is InChI=1S/C18H19BrF2N2.ClH/c19-16-6-7-17(20)15(18(16)21)11-23-9-13(8-22)14(10-23)12-4-2-1-3-5-12;/h1-7,13-14H,8-11,22H2;1H/t13-,14+;/m1./s1. The Bertz CT molecular complexity index is 684. The summed E-state index contributed by atoms with van der Waals surface area (Å²) in [4.78, 5) is 2.09. The molecule has 0 unspecified atom stereocenters. The lowest BCUT2D eigenvalue weighted by molar-refractivity contribution is 0.305. The molecule has 0 amide bonds. The third kappa shape index (κ3) is 3.97. The summed E-state index contributed by atoms with van der Waals surface area (Å²) >= 11 is 3.12. The molecule has 2 aromatic rings. The molecule has 0 aliphatic carbocycles. The van der Waals surface area contributed by atoms with Crippen LogP contribution in [0.15, 0.2) is 46.9 Å². The van der Waals surface area contributed by atoms with Crippen molar-refractivity contribution in [2.45, 2.75) is 12.5 Å². The minimum atomic E-state index is -0.516. The van der Waals surface area contributed by atoms with Gasteiger partial charge in [0, 0.05) is 31.1 Å². The van der Waals surface area contributed by atoms with Crippen molar-refractivity contribution in [3.8, 4) is 0 Å². The zero-order valence-corrected chi connectivity index (χ0v) is 15.5. The molecule has 1 saturated heterocycles. The Morgan fingerprint density at radius 1 is 1.08 bits per heavy atom. The van der Waals surface area contributed by atoms with Gasteiger partial charge in [-0.25, -0.2) is 8.78 Å². The van der Waals surface area contributed by atoms with Gasteiger partial charge < -0.3 is 5.73 Å². The Morgan fingerprint density at radius 3 is 2.46 bits per heavy atom. The fourth-order valence-electron chi connectivity index (χ4n) is 3.34. The lowest BCUT2D eigenvalue weighted by Gasteiger charge is -2.17. The van der Waals surface area contributed by atoms with Crippen molar-refractivity contribution in [3.63, 3.8) is 0 Å². The molecule has 3 rings (SSSR count). The SMILES string of the molecule is Cl.NC[C@@H]1CN(Cc2c(F)ccc(Br)c2F)C[C@H]1c1ccccc1. The number of hydrogen-bond acceptors (Lipinski definition) is 2. The largest absolute Gasteiger partial charge is 0.330 e. The number of hydrogen-bond donors (Lipinski definition) is 1. The zero-order chi connectivity index (χ0) is 16.4. The maximum absolute atomic E-state index is 14.2. The summed E-state index contributed by atoms with van der Waals surface area (Å²) in [5.74, 6) is -0.411. The fourth-order valence-corrected chi connectivity index (χ4v) is 3.72. The summed E-state index contributed by atoms with van der Waals surface area (Å²) in [5, 5.41) is 0. The van der Waals surface area contributed by atoms with Gasteiger partial charge in [-0.15, -0.1) is 12.4 Å². The van der Waals surface area contributed by atoms with Crippen LogP contribution in [0.5, 0.6) is 0 Å². The van der Waals surface area contributed by atoms with Crippen molar-refractivity contribution >= 4 is 28.3 Å². The summed E-state index contributed by atoms with van der Waals surface area (Å²) in [7, 11) is 0. The molecule has 130 valence electrons. The average Bonchev–Trinajstić information content (AvgIpc) is 2.99. The zero-order valence-electron chi connectivity index (χ0n) is 13.1. The molecule has 1 heterocycles. The first-order chi connectivity index (χ1) is 11.1. The summed E-state index contributed by atoms with van der Waals surface area (Å²) in [6.07, 6.45) is 0. The predicted octanol–water partition coefficient (Wildman–Crippen LogP) is 4.32. The number of rotatable bonds is 4. The van der Waals surface area contributed by atoms with E-state index in [4.69, 9.17) is 5.73 Å². The molecule has 0 spiro atoms. The van der Waals surface area contributed by atoms with Gasteiger partial charge in [0.2, 0.25) is 0 Å². The maximum Gasteiger partial charge on any atom is 0.144 e. The van der Waals surface area contributed by atoms with Crippen molar-refractivity contribution in [2.75, 3.05) is 19.6 Å². The van der Waals surface area contributed by atoms with E-state index in [1.54, 1.807) is 0 Å². The van der Waals surface area contributed by atoms with Crippen molar-refractivity contribution in [2.24, 2.45) is 11.7 Å². The number of benzene rings is 2. The van der Waals surface area contributed by atoms with Gasteiger partial charge in [0.25, 0.3) is 0 Å². The summed E-state index contributed by atoms with van der Waals surface area (Å²) in [5.41, 5.74) is 7.27. The molecule has 6 heteroatoms. The Labute approximate surface area is 155 Å². The molecule has 0 bridgehead atoms. The van der Waals surface area contributed by atoms with Gasteiger partial charge in [-0.2, -0.15) is 0 Å². The molecule has 1 aliphatic rings. The van der Waals surface area contributed by atoms with Crippen LogP contribution < -0.4 is 5.73 Å². The third-order valence-corrected chi connectivity index (χ3v) is 5.18. The number of halogens is 4. The highest BCUT2D eigenvalue weighted by molar-refractivity contribution is 9.10. The Morgan fingerprint density at radius 2 is 1.79 bits per heavy atom. The van der Waals surface area contributed by atoms with E-state index in [0.717, 1.165) is 13.1 Å². The molecule has 2 aromatic carbocycles. The summed E-state index contributed by atoms with van der Waals surface area (Å²) in [6, 6.07) is 12.9. The van der Waals surface area contributed by atoms with E-state index < -0.39 is 11.6 Å². The maximum atomic E-state index is 14.2. The first-order valence-electron chi connectivity index (χ1n) is 7.70. The van der Waals surface area contributed by atoms with Crippen LogP contribution in [-0.4, -0.2) is 24.5 Å². The van der Waals surface area contributed by atoms with E-state index in [9.17, 15) is 8.78 Å². The van der Waals surface area contributed by atoms with E-state index >= 15 is 0 Å². The molecule has 2 nitrogen and oxygen atoms in total. The van der Waals surface area contributed by atoms with Crippen LogP contribution in [0.4, 0.5) is 8.78 Å². The van der Waals surface area contributed by atoms with Crippen LogP contribution in [0.25, 0.3) is 0 Å². The van der Waals surface area contributed by atoms with Crippen LogP contribution in [0.2, 0.25) is 0 Å². The number of likely N-dealkylation sites (tertiary alicyclic amines) is 1. The first-order valence-corrected chi connectivity index (χ1v) is 8.49. The second kappa shape index (κ2) is 8.39. The van der Waals surface area contributed by atoms with Gasteiger partial charge in [0.1, 0.15) is 11.6 Å². The fraction of sp³-hybridized carbons (Fsp3) is 0.333. The Hall–Kier alpha value is -1.01. The third-order valence-electron chi connectivity index (χ3n) is 4.57. The van der Waals surface area contributed by atoms with Crippen LogP contribution in [0.1, 0.15) is 17.0 Å². The topological polar surface area (TPSA) is 29.3 Å². The quantitative estimate of drug-likeness (QED) is 0.751. The van der Waals surface area contributed by atoms with Crippen LogP contribution in [-0.2, 0) is 6.54 Å². The van der Waals surface area contributed by atoms with Crippen LogP contribution >= 0.6 is 28.3 Å². The van der Waals surface area contributed by atoms with Gasteiger partial charge in [0.15, 0.2) is 0 Å². The molecule has 2 atom stereocenters. The molecule has 1 aliphatic heterocycles. The molecule has 0 aromatic heterocycles. The van der Waals surface area contributed by atoms with Gasteiger partial charge in [0.05, 0.1) is 4.47 Å². The van der Waals surface area contributed by atoms with E-state index in [-0.39, 0.29) is 24.5 Å². The molecule has 2 N–H and O–H groups in total. The van der Waals surface area contributed by atoms with Gasteiger partial charge in [-0.1, -0.05) is 30.3 Å². The highest BCUT2D eigenvalue weighted by atomic mass is 79.9. The normalized spacial score (nSPS) is 20.8. The van der Waals surface area contributed by atoms with E-state index in [0.29, 0.717) is 22.9 Å². The van der Waals surface area contributed by atoms with Crippen LogP contribution in [0.3, 0.4) is 0 Å². The number of nitrogens with two attached hydrogens (primary N) is 1. The average molecular weight is 418 g/mol. The van der Waals surface area contributed by atoms with Crippen LogP contribution in [0, 0.1) is 17.6 Å². The van der Waals surface area contributed by atoms with E-state index in [2.05, 4.69) is 33.0 Å². The molecule has 1 fully saturated rings. The lowest BCUT2D eigenvalue weighted by atomic mass is 9.89. The van der Waals surface area contributed by atoms with Gasteiger partial charge >= 0.3 is 0 Å². The second-order valence-electron chi connectivity index (χ2n) is 6.03. The minimum absolute atomic E-state index is 0. The van der Waals surface area contributed by atoms with Gasteiger partial charge in [-0.05, 0) is 46.1 Å². The van der Waals surface area contributed by atoms with Gasteiger partial charge in [-0.3, -0.25) is 4.90 Å². The smallest absolute Gasteiger partial charge is 0.144 e. The van der Waals surface area contributed by atoms with E-state index in [1.807, 2.05) is 18.2 Å². The summed E-state index contributed by atoms with van der Waals surface area (Å²) in [6.45, 7) is 2.34. The number of nitrogens with zero attached hydrogens (tertiary/aromatic N) is 1. The predicted molar refractivity (Wildman–Crippen MR) is 98.3 cm³/mol. The first kappa shape index (κ1) is 19.3. The molecular weight excluding hydrogens is 398 g/mol. The minimum Gasteiger partial charge on any atom is -0.330 e. The Kier molecular flexibility index (Phi) is 6.75. The molecular formula is C18H20BrClF2N2. The second-order valence-corrected chi connectivity index (χ2v) is 6.88. The van der Waals surface area contributed by atoms with E-state index in [1.165, 1.54) is 17.7 Å². The highest BCUT2D eigenvalue weighted by Crippen LogP contribution is 2.33. The molecule has 0 radical (unpaired) electrons. The van der Waals surface area contributed by atoms with Crippen molar-refractivity contribution in [1.82, 2.24) is 4.90 Å².